The third kappa shape index (κ3) is 2.80. The van der Waals surface area contributed by atoms with E-state index in [1.54, 1.807) is 5.10 Å². The highest BCUT2D eigenvalue weighted by Gasteiger charge is 2.45. The Morgan fingerprint density at radius 3 is 2.15 bits per heavy atom. The smallest absolute Gasteiger partial charge is 0.348 e. The molecule has 26 heavy (non-hydrogen) atoms. The van der Waals surface area contributed by atoms with Crippen molar-refractivity contribution in [3.63, 3.8) is 0 Å². The number of phenols is 1. The summed E-state index contributed by atoms with van der Waals surface area (Å²) in [6, 6.07) is 0.441. The maximum Gasteiger partial charge on any atom is 0.348 e. The molecule has 0 radical (unpaired) electrons. The normalized spacial score (nSPS) is 11.8. The number of aromatic hydroxyl groups is 1. The van der Waals surface area contributed by atoms with E-state index >= 15 is 0 Å². The summed E-state index contributed by atoms with van der Waals surface area (Å²) in [5.74, 6) is -5.65. The van der Waals surface area contributed by atoms with Gasteiger partial charge in [0, 0.05) is 5.56 Å². The van der Waals surface area contributed by atoms with Crippen LogP contribution in [-0.2, 0) is 5.92 Å². The minimum Gasteiger partial charge on any atom is -0.502 e. The summed E-state index contributed by atoms with van der Waals surface area (Å²) in [7, 11) is 0. The molecule has 0 fully saturated rings. The molecule has 2 aromatic rings. The van der Waals surface area contributed by atoms with Crippen LogP contribution in [0.5, 0.6) is 5.75 Å². The lowest BCUT2D eigenvalue weighted by Crippen LogP contribution is -2.23. The molecule has 1 aromatic carbocycles. The monoisotopic (exact) mass is 378 g/mol. The highest BCUT2D eigenvalue weighted by molar-refractivity contribution is 5.83. The molecule has 0 saturated heterocycles. The average Bonchev–Trinajstić information content (AvgIpc) is 2.96. The number of aromatic amines is 1. The van der Waals surface area contributed by atoms with Crippen molar-refractivity contribution in [2.24, 2.45) is 0 Å². The lowest BCUT2D eigenvalue weighted by atomic mass is 9.96. The lowest BCUT2D eigenvalue weighted by molar-refractivity contribution is -0.396. The summed E-state index contributed by atoms with van der Waals surface area (Å²) < 4.78 is 51.6. The first-order valence-corrected chi connectivity index (χ1v) is 6.78. The lowest BCUT2D eigenvalue weighted by Gasteiger charge is -2.12. The molecule has 0 aliphatic rings. The fourth-order valence-corrected chi connectivity index (χ4v) is 2.53. The Labute approximate surface area is 141 Å². The first kappa shape index (κ1) is 19.1. The molecule has 140 valence electrons. The quantitative estimate of drug-likeness (QED) is 0.464. The first-order chi connectivity index (χ1) is 11.9. The molecule has 0 aliphatic heterocycles. The predicted octanol–water partition coefficient (Wildman–Crippen LogP) is 3.57. The number of alkyl halides is 4. The average molecular weight is 378 g/mol. The van der Waals surface area contributed by atoms with Crippen LogP contribution in [0.1, 0.15) is 16.8 Å². The topological polar surface area (TPSA) is 135 Å². The van der Waals surface area contributed by atoms with Crippen molar-refractivity contribution in [2.75, 3.05) is 0 Å². The van der Waals surface area contributed by atoms with Crippen LogP contribution >= 0.6 is 0 Å². The van der Waals surface area contributed by atoms with Crippen molar-refractivity contribution in [1.29, 1.82) is 0 Å². The maximum atomic E-state index is 13.4. The number of halogens is 4. The summed E-state index contributed by atoms with van der Waals surface area (Å²) >= 11 is 0. The van der Waals surface area contributed by atoms with E-state index in [9.17, 15) is 42.9 Å². The van der Waals surface area contributed by atoms with Gasteiger partial charge in [0.25, 0.3) is 5.69 Å². The number of rotatable bonds is 5. The van der Waals surface area contributed by atoms with E-state index < -0.39 is 61.8 Å². The standard InChI is InChI=1S/C13H10F4N4O5/c1-4-8(6-3-7(19-18-6)13(16,17)12(14)15)11(22)10(21(25)26)5(2)9(4)20(23)24/h3,12,22H,1-2H3,(H,18,19). The van der Waals surface area contributed by atoms with Crippen molar-refractivity contribution in [1.82, 2.24) is 10.2 Å². The molecule has 0 amide bonds. The first-order valence-electron chi connectivity index (χ1n) is 6.78. The van der Waals surface area contributed by atoms with Crippen molar-refractivity contribution in [2.45, 2.75) is 26.2 Å². The van der Waals surface area contributed by atoms with Crippen LogP contribution in [-0.4, -0.2) is 31.6 Å². The molecule has 2 N–H and O–H groups in total. The summed E-state index contributed by atoms with van der Waals surface area (Å²) in [5, 5.41) is 37.5. The summed E-state index contributed by atoms with van der Waals surface area (Å²) in [5.41, 5.74) is -4.96. The van der Waals surface area contributed by atoms with Gasteiger partial charge in [0.05, 0.1) is 21.1 Å². The third-order valence-electron chi connectivity index (χ3n) is 3.73. The zero-order valence-corrected chi connectivity index (χ0v) is 13.1. The largest absolute Gasteiger partial charge is 0.502 e. The van der Waals surface area contributed by atoms with Gasteiger partial charge in [0.15, 0.2) is 0 Å². The number of nitro benzene ring substituents is 2. The van der Waals surface area contributed by atoms with Crippen molar-refractivity contribution in [3.8, 4) is 17.0 Å². The molecule has 9 nitrogen and oxygen atoms in total. The molecule has 0 spiro atoms. The number of H-pyrrole nitrogens is 1. The second-order valence-electron chi connectivity index (χ2n) is 5.28. The van der Waals surface area contributed by atoms with Gasteiger partial charge in [-0.15, -0.1) is 0 Å². The van der Waals surface area contributed by atoms with Gasteiger partial charge in [-0.25, -0.2) is 8.78 Å². The number of hydrogen-bond acceptors (Lipinski definition) is 6. The van der Waals surface area contributed by atoms with E-state index in [1.165, 1.54) is 0 Å². The van der Waals surface area contributed by atoms with E-state index in [2.05, 4.69) is 5.10 Å². The van der Waals surface area contributed by atoms with Gasteiger partial charge >= 0.3 is 18.0 Å². The number of hydrogen-bond donors (Lipinski definition) is 2. The molecule has 0 unspecified atom stereocenters. The molecule has 2 rings (SSSR count). The Morgan fingerprint density at radius 2 is 1.69 bits per heavy atom. The molecule has 1 aromatic heterocycles. The summed E-state index contributed by atoms with van der Waals surface area (Å²) in [6.07, 6.45) is -4.06. The number of nitro groups is 2. The maximum absolute atomic E-state index is 13.4. The Kier molecular flexibility index (Phi) is 4.58. The van der Waals surface area contributed by atoms with E-state index in [-0.39, 0.29) is 5.56 Å². The zero-order chi connectivity index (χ0) is 20.0. The molecule has 1 heterocycles. The highest BCUT2D eigenvalue weighted by atomic mass is 19.3. The Hall–Kier alpha value is -3.25. The second-order valence-corrected chi connectivity index (χ2v) is 5.28. The van der Waals surface area contributed by atoms with Crippen molar-refractivity contribution < 1.29 is 32.5 Å². The van der Waals surface area contributed by atoms with Gasteiger partial charge in [-0.2, -0.15) is 13.9 Å². The predicted molar refractivity (Wildman–Crippen MR) is 78.4 cm³/mol. The molecular weight excluding hydrogens is 368 g/mol. The molecule has 0 saturated carbocycles. The molecule has 0 atom stereocenters. The fourth-order valence-electron chi connectivity index (χ4n) is 2.53. The van der Waals surface area contributed by atoms with Gasteiger partial charge in [-0.05, 0) is 19.9 Å². The number of nitrogens with zero attached hydrogens (tertiary/aromatic N) is 3. The van der Waals surface area contributed by atoms with Crippen LogP contribution in [0, 0.1) is 34.1 Å². The molecule has 0 aliphatic carbocycles. The third-order valence-corrected chi connectivity index (χ3v) is 3.73. The Morgan fingerprint density at radius 1 is 1.15 bits per heavy atom. The summed E-state index contributed by atoms with van der Waals surface area (Å²) in [4.78, 5) is 20.3. The number of nitrogens with one attached hydrogen (secondary N) is 1. The van der Waals surface area contributed by atoms with Crippen LogP contribution < -0.4 is 0 Å². The van der Waals surface area contributed by atoms with E-state index in [4.69, 9.17) is 0 Å². The minimum atomic E-state index is -4.60. The number of aromatic nitrogens is 2. The van der Waals surface area contributed by atoms with Crippen molar-refractivity contribution >= 4 is 11.4 Å². The van der Waals surface area contributed by atoms with Crippen LogP contribution in [0.3, 0.4) is 0 Å². The fraction of sp³-hybridized carbons (Fsp3) is 0.308. The molecular formula is C13H10F4N4O5. The van der Waals surface area contributed by atoms with Gasteiger partial charge in [0.1, 0.15) is 11.3 Å². The second kappa shape index (κ2) is 6.24. The van der Waals surface area contributed by atoms with Gasteiger partial charge in [0.2, 0.25) is 5.75 Å². The molecule has 13 heteroatoms. The van der Waals surface area contributed by atoms with E-state index in [0.717, 1.165) is 13.8 Å². The van der Waals surface area contributed by atoms with Gasteiger partial charge in [-0.3, -0.25) is 25.3 Å². The van der Waals surface area contributed by atoms with E-state index in [1.807, 2.05) is 0 Å². The number of phenolic OH excluding ortho intramolecular Hbond substituents is 1. The molecule has 0 bridgehead atoms. The summed E-state index contributed by atoms with van der Waals surface area (Å²) in [6.45, 7) is 2.15. The van der Waals surface area contributed by atoms with Crippen LogP contribution in [0.15, 0.2) is 6.07 Å². The van der Waals surface area contributed by atoms with Gasteiger partial charge < -0.3 is 5.11 Å². The van der Waals surface area contributed by atoms with Crippen molar-refractivity contribution in [3.05, 3.63) is 43.1 Å². The van der Waals surface area contributed by atoms with Gasteiger partial charge in [-0.1, -0.05) is 0 Å². The zero-order valence-electron chi connectivity index (χ0n) is 13.1. The van der Waals surface area contributed by atoms with Crippen LogP contribution in [0.2, 0.25) is 0 Å². The van der Waals surface area contributed by atoms with E-state index in [0.29, 0.717) is 6.07 Å². The number of benzene rings is 1. The SMILES string of the molecule is Cc1c(-c2cc(C(F)(F)C(F)F)[nH]n2)c(O)c([N+](=O)[O-])c(C)c1[N+](=O)[O-]. The Balaban J connectivity index is 2.81. The Bertz CT molecular complexity index is 871. The minimum absolute atomic E-state index is 0.297. The van der Waals surface area contributed by atoms with Crippen LogP contribution in [0.25, 0.3) is 11.3 Å². The highest BCUT2D eigenvalue weighted by Crippen LogP contribution is 2.47. The van der Waals surface area contributed by atoms with Crippen LogP contribution in [0.4, 0.5) is 28.9 Å².